The molecule has 2 heteroatoms. The van der Waals surface area contributed by atoms with Gasteiger partial charge in [-0.25, -0.2) is 0 Å². The zero-order chi connectivity index (χ0) is 12.7. The molecule has 0 saturated heterocycles. The van der Waals surface area contributed by atoms with Gasteiger partial charge in [0.2, 0.25) is 0 Å². The zero-order valence-electron chi connectivity index (χ0n) is 10.1. The zero-order valence-corrected chi connectivity index (χ0v) is 10.1. The van der Waals surface area contributed by atoms with Gasteiger partial charge in [-0.3, -0.25) is 4.79 Å². The molecule has 1 aromatic rings. The maximum absolute atomic E-state index is 10.9. The summed E-state index contributed by atoms with van der Waals surface area (Å²) in [5, 5.41) is 0. The Kier molecular flexibility index (Phi) is 4.95. The molecular weight excluding hydrogens is 212 g/mol. The highest BCUT2D eigenvalue weighted by molar-refractivity contribution is 5.76. The molecule has 0 radical (unpaired) electrons. The van der Waals surface area contributed by atoms with Gasteiger partial charge in [-0.1, -0.05) is 43.0 Å². The van der Waals surface area contributed by atoms with Gasteiger partial charge in [0, 0.05) is 6.92 Å². The molecule has 0 spiro atoms. The van der Waals surface area contributed by atoms with E-state index < -0.39 is 0 Å². The van der Waals surface area contributed by atoms with E-state index in [2.05, 4.69) is 6.58 Å². The van der Waals surface area contributed by atoms with Gasteiger partial charge in [0.05, 0.1) is 0 Å². The van der Waals surface area contributed by atoms with Gasteiger partial charge in [-0.2, -0.15) is 0 Å². The highest BCUT2D eigenvalue weighted by atomic mass is 16.5. The van der Waals surface area contributed by atoms with Crippen molar-refractivity contribution in [2.24, 2.45) is 0 Å². The first-order chi connectivity index (χ1) is 8.17. The fraction of sp³-hybridized carbons (Fsp3) is 0.133. The van der Waals surface area contributed by atoms with Crippen LogP contribution in [-0.2, 0) is 9.53 Å². The number of hydrogen-bond acceptors (Lipinski definition) is 2. The average Bonchev–Trinajstić information content (AvgIpc) is 2.35. The number of carbonyl (C=O) groups excluding carboxylic acids is 1. The number of ether oxygens (including phenoxy) is 1. The van der Waals surface area contributed by atoms with Crippen molar-refractivity contribution in [3.63, 3.8) is 0 Å². The second-order valence-corrected chi connectivity index (χ2v) is 3.45. The smallest absolute Gasteiger partial charge is 0.308 e. The van der Waals surface area contributed by atoms with E-state index in [1.165, 1.54) is 6.92 Å². The van der Waals surface area contributed by atoms with Crippen LogP contribution in [0, 0.1) is 0 Å². The predicted molar refractivity (Wildman–Crippen MR) is 70.1 cm³/mol. The number of hydrogen-bond donors (Lipinski definition) is 0. The van der Waals surface area contributed by atoms with Gasteiger partial charge < -0.3 is 4.74 Å². The summed E-state index contributed by atoms with van der Waals surface area (Å²) in [5.41, 5.74) is 1.95. The lowest BCUT2D eigenvalue weighted by atomic mass is 10.1. The van der Waals surface area contributed by atoms with Crippen molar-refractivity contribution < 1.29 is 9.53 Å². The van der Waals surface area contributed by atoms with Crippen molar-refractivity contribution in [3.05, 3.63) is 66.5 Å². The van der Waals surface area contributed by atoms with E-state index in [0.29, 0.717) is 5.76 Å². The van der Waals surface area contributed by atoms with E-state index >= 15 is 0 Å². The molecule has 0 saturated carbocycles. The molecule has 1 aromatic carbocycles. The summed E-state index contributed by atoms with van der Waals surface area (Å²) < 4.78 is 5.05. The third-order valence-corrected chi connectivity index (χ3v) is 2.17. The number of benzene rings is 1. The minimum atomic E-state index is -0.328. The Hall–Kier alpha value is -2.09. The van der Waals surface area contributed by atoms with Crippen LogP contribution in [0.15, 0.2) is 60.9 Å². The molecule has 2 nitrogen and oxygen atoms in total. The minimum Gasteiger partial charge on any atom is -0.427 e. The van der Waals surface area contributed by atoms with Gasteiger partial charge in [0.25, 0.3) is 0 Å². The van der Waals surface area contributed by atoms with Gasteiger partial charge in [-0.05, 0) is 30.2 Å². The van der Waals surface area contributed by atoms with Crippen LogP contribution in [0.25, 0.3) is 5.57 Å². The second-order valence-electron chi connectivity index (χ2n) is 3.45. The van der Waals surface area contributed by atoms with Crippen molar-refractivity contribution in [2.75, 3.05) is 0 Å². The van der Waals surface area contributed by atoms with E-state index in [-0.39, 0.29) is 5.97 Å². The van der Waals surface area contributed by atoms with E-state index in [1.54, 1.807) is 18.2 Å². The maximum atomic E-state index is 10.9. The first kappa shape index (κ1) is 13.0. The molecule has 0 heterocycles. The lowest BCUT2D eigenvalue weighted by Crippen LogP contribution is -1.97. The maximum Gasteiger partial charge on any atom is 0.308 e. The fourth-order valence-electron chi connectivity index (χ4n) is 1.38. The fourth-order valence-corrected chi connectivity index (χ4v) is 1.38. The van der Waals surface area contributed by atoms with Crippen LogP contribution < -0.4 is 0 Å². The Morgan fingerprint density at radius 1 is 1.29 bits per heavy atom. The van der Waals surface area contributed by atoms with Crippen LogP contribution >= 0.6 is 0 Å². The van der Waals surface area contributed by atoms with E-state index in [4.69, 9.17) is 4.74 Å². The Bertz CT molecular complexity index is 453. The summed E-state index contributed by atoms with van der Waals surface area (Å²) in [6.45, 7) is 6.97. The molecule has 0 atom stereocenters. The molecule has 0 aromatic heterocycles. The summed E-state index contributed by atoms with van der Waals surface area (Å²) in [7, 11) is 0. The van der Waals surface area contributed by atoms with Crippen LogP contribution in [0.1, 0.15) is 19.4 Å². The van der Waals surface area contributed by atoms with Crippen LogP contribution in [0.4, 0.5) is 0 Å². The quantitative estimate of drug-likeness (QED) is 0.446. The topological polar surface area (TPSA) is 26.3 Å². The summed E-state index contributed by atoms with van der Waals surface area (Å²) in [6, 6.07) is 9.82. The SMILES string of the molecule is C=C/C(=C\C(=C/C)OC(C)=O)c1ccccc1. The molecule has 0 aliphatic carbocycles. The number of rotatable bonds is 4. The largest absolute Gasteiger partial charge is 0.427 e. The highest BCUT2D eigenvalue weighted by Gasteiger charge is 2.01. The molecule has 17 heavy (non-hydrogen) atoms. The monoisotopic (exact) mass is 228 g/mol. The summed E-state index contributed by atoms with van der Waals surface area (Å²) in [6.07, 6.45) is 5.28. The highest BCUT2D eigenvalue weighted by Crippen LogP contribution is 2.17. The molecule has 0 unspecified atom stereocenters. The molecule has 0 aliphatic rings. The molecule has 0 aliphatic heterocycles. The third kappa shape index (κ3) is 4.11. The first-order valence-corrected chi connectivity index (χ1v) is 5.41. The molecule has 1 rings (SSSR count). The van der Waals surface area contributed by atoms with Crippen LogP contribution in [-0.4, -0.2) is 5.97 Å². The second kappa shape index (κ2) is 6.48. The molecule has 88 valence electrons. The van der Waals surface area contributed by atoms with Crippen molar-refractivity contribution >= 4 is 11.5 Å². The minimum absolute atomic E-state index is 0.328. The van der Waals surface area contributed by atoms with Crippen molar-refractivity contribution in [3.8, 4) is 0 Å². The lowest BCUT2D eigenvalue weighted by molar-refractivity contribution is -0.136. The Labute approximate surface area is 102 Å². The molecule has 0 N–H and O–H groups in total. The van der Waals surface area contributed by atoms with Crippen molar-refractivity contribution in [1.82, 2.24) is 0 Å². The lowest BCUT2D eigenvalue weighted by Gasteiger charge is -2.05. The van der Waals surface area contributed by atoms with Gasteiger partial charge >= 0.3 is 5.97 Å². The first-order valence-electron chi connectivity index (χ1n) is 5.41. The van der Waals surface area contributed by atoms with E-state index in [1.807, 2.05) is 37.3 Å². The molecular formula is C15H16O2. The normalized spacial score (nSPS) is 12.1. The van der Waals surface area contributed by atoms with Crippen LogP contribution in [0.5, 0.6) is 0 Å². The summed E-state index contributed by atoms with van der Waals surface area (Å²) in [4.78, 5) is 10.9. The summed E-state index contributed by atoms with van der Waals surface area (Å²) >= 11 is 0. The van der Waals surface area contributed by atoms with Crippen molar-refractivity contribution in [1.29, 1.82) is 0 Å². The van der Waals surface area contributed by atoms with Crippen LogP contribution in [0.2, 0.25) is 0 Å². The number of carbonyl (C=O) groups is 1. The predicted octanol–water partition coefficient (Wildman–Crippen LogP) is 3.72. The Morgan fingerprint density at radius 2 is 1.94 bits per heavy atom. The van der Waals surface area contributed by atoms with Gasteiger partial charge in [0.1, 0.15) is 5.76 Å². The molecule has 0 bridgehead atoms. The summed E-state index contributed by atoms with van der Waals surface area (Å²) in [5.74, 6) is 0.196. The number of esters is 1. The number of allylic oxidation sites excluding steroid dienone is 4. The third-order valence-electron chi connectivity index (χ3n) is 2.17. The van der Waals surface area contributed by atoms with E-state index in [0.717, 1.165) is 11.1 Å². The van der Waals surface area contributed by atoms with Crippen LogP contribution in [0.3, 0.4) is 0 Å². The van der Waals surface area contributed by atoms with Gasteiger partial charge in [0.15, 0.2) is 0 Å². The Balaban J connectivity index is 3.01. The van der Waals surface area contributed by atoms with Gasteiger partial charge in [-0.15, -0.1) is 0 Å². The average molecular weight is 228 g/mol. The molecule has 0 amide bonds. The standard InChI is InChI=1S/C15H16O2/c1-4-13(14-9-7-6-8-10-14)11-15(5-2)17-12(3)16/h4-11H,1H2,2-3H3/b13-11+,15-5+. The molecule has 0 fully saturated rings. The Morgan fingerprint density at radius 3 is 2.41 bits per heavy atom. The van der Waals surface area contributed by atoms with Crippen molar-refractivity contribution in [2.45, 2.75) is 13.8 Å². The van der Waals surface area contributed by atoms with E-state index in [9.17, 15) is 4.79 Å².